The van der Waals surface area contributed by atoms with Crippen LogP contribution in [0.5, 0.6) is 0 Å². The number of benzene rings is 1. The zero-order valence-corrected chi connectivity index (χ0v) is 19.9. The van der Waals surface area contributed by atoms with Gasteiger partial charge in [0.05, 0.1) is 17.6 Å². The van der Waals surface area contributed by atoms with Gasteiger partial charge in [0.2, 0.25) is 0 Å². The minimum atomic E-state index is -0.811. The fourth-order valence-electron chi connectivity index (χ4n) is 4.50. The molecule has 174 valence electrons. The molecule has 0 aliphatic rings. The first-order chi connectivity index (χ1) is 15.8. The number of aromatic nitrogens is 4. The molecule has 0 radical (unpaired) electrons. The highest BCUT2D eigenvalue weighted by atomic mass is 19.2. The van der Waals surface area contributed by atoms with Crippen LogP contribution in [-0.2, 0) is 26.4 Å². The van der Waals surface area contributed by atoms with E-state index in [2.05, 4.69) is 36.2 Å². The molecule has 33 heavy (non-hydrogen) atoms. The second-order valence-electron chi connectivity index (χ2n) is 8.89. The van der Waals surface area contributed by atoms with Crippen LogP contribution in [0.3, 0.4) is 0 Å². The van der Waals surface area contributed by atoms with Crippen molar-refractivity contribution in [2.75, 3.05) is 7.05 Å². The third-order valence-corrected chi connectivity index (χ3v) is 6.34. The number of halogens is 2. The van der Waals surface area contributed by atoms with Gasteiger partial charge in [-0.15, -0.1) is 0 Å². The van der Waals surface area contributed by atoms with E-state index in [1.807, 2.05) is 47.7 Å². The van der Waals surface area contributed by atoms with Crippen LogP contribution < -0.4 is 5.32 Å². The largest absolute Gasteiger partial charge is 0.314 e. The lowest BCUT2D eigenvalue weighted by Crippen LogP contribution is -2.07. The summed E-state index contributed by atoms with van der Waals surface area (Å²) < 4.78 is 33.1. The second kappa shape index (κ2) is 9.43. The lowest BCUT2D eigenvalue weighted by atomic mass is 9.94. The number of hydrogen-bond acceptors (Lipinski definition) is 3. The molecular formula is C26H31F2N5. The van der Waals surface area contributed by atoms with E-state index in [9.17, 15) is 8.78 Å². The quantitative estimate of drug-likeness (QED) is 0.393. The smallest absolute Gasteiger partial charge is 0.162 e. The Balaban J connectivity index is 1.66. The van der Waals surface area contributed by atoms with Crippen molar-refractivity contribution < 1.29 is 8.78 Å². The van der Waals surface area contributed by atoms with Crippen molar-refractivity contribution in [1.82, 2.24) is 24.5 Å². The third-order valence-electron chi connectivity index (χ3n) is 6.34. The van der Waals surface area contributed by atoms with Gasteiger partial charge in [-0.05, 0) is 79.6 Å². The number of imidazole rings is 1. The predicted octanol–water partition coefficient (Wildman–Crippen LogP) is 5.34. The Kier molecular flexibility index (Phi) is 6.61. The molecule has 0 amide bonds. The highest BCUT2D eigenvalue weighted by molar-refractivity contribution is 5.69. The lowest BCUT2D eigenvalue weighted by Gasteiger charge is -2.13. The number of rotatable bonds is 8. The van der Waals surface area contributed by atoms with Crippen molar-refractivity contribution in [2.45, 2.75) is 52.5 Å². The first-order valence-electron chi connectivity index (χ1n) is 11.4. The summed E-state index contributed by atoms with van der Waals surface area (Å²) in [6.45, 7) is 6.98. The Morgan fingerprint density at radius 3 is 2.55 bits per heavy atom. The maximum Gasteiger partial charge on any atom is 0.162 e. The fraction of sp³-hybridized carbons (Fsp3) is 0.385. The first-order valence-corrected chi connectivity index (χ1v) is 11.4. The second-order valence-corrected chi connectivity index (χ2v) is 8.89. The SMILES string of the molecule is CNCc1cnc2ccc(-c3ccc(F)c(F)c3CCCc3c(C(C)C)nn(C)c3C)cn12. The third kappa shape index (κ3) is 4.42. The van der Waals surface area contributed by atoms with Crippen molar-refractivity contribution >= 4 is 5.65 Å². The van der Waals surface area contributed by atoms with Gasteiger partial charge in [-0.2, -0.15) is 5.10 Å². The standard InChI is InChI=1S/C26H31F2N5/c1-16(2)26-20(17(3)32(5)31-26)7-6-8-22-21(10-11-23(27)25(22)28)18-9-12-24-30-14-19(13-29-4)33(24)15-18/h9-12,14-16,29H,6-8,13H2,1-5H3. The molecule has 1 aromatic carbocycles. The lowest BCUT2D eigenvalue weighted by molar-refractivity contribution is 0.497. The minimum Gasteiger partial charge on any atom is -0.314 e. The highest BCUT2D eigenvalue weighted by Gasteiger charge is 2.18. The average molecular weight is 452 g/mol. The van der Waals surface area contributed by atoms with Crippen molar-refractivity contribution in [3.63, 3.8) is 0 Å². The van der Waals surface area contributed by atoms with Gasteiger partial charge in [-0.1, -0.05) is 19.9 Å². The Hall–Kier alpha value is -3.06. The van der Waals surface area contributed by atoms with Gasteiger partial charge in [0.15, 0.2) is 11.6 Å². The van der Waals surface area contributed by atoms with E-state index in [0.29, 0.717) is 36.4 Å². The maximum absolute atomic E-state index is 15.0. The Labute approximate surface area is 193 Å². The molecule has 0 aliphatic carbocycles. The van der Waals surface area contributed by atoms with Gasteiger partial charge in [0.25, 0.3) is 0 Å². The summed E-state index contributed by atoms with van der Waals surface area (Å²) in [6, 6.07) is 6.72. The van der Waals surface area contributed by atoms with Gasteiger partial charge in [-0.3, -0.25) is 4.68 Å². The van der Waals surface area contributed by atoms with Crippen LogP contribution in [0.15, 0.2) is 36.7 Å². The van der Waals surface area contributed by atoms with Crippen LogP contribution in [0.1, 0.15) is 54.4 Å². The molecule has 7 heteroatoms. The molecule has 0 bridgehead atoms. The van der Waals surface area contributed by atoms with E-state index in [1.54, 1.807) is 6.07 Å². The normalized spacial score (nSPS) is 11.8. The molecule has 4 rings (SSSR count). The molecule has 0 fully saturated rings. The van der Waals surface area contributed by atoms with E-state index in [0.717, 1.165) is 34.7 Å². The van der Waals surface area contributed by atoms with Crippen LogP contribution >= 0.6 is 0 Å². The number of hydrogen-bond donors (Lipinski definition) is 1. The van der Waals surface area contributed by atoms with Crippen LogP contribution in [0.2, 0.25) is 0 Å². The Bertz CT molecular complexity index is 1290. The van der Waals surface area contributed by atoms with Crippen molar-refractivity contribution in [1.29, 1.82) is 0 Å². The maximum atomic E-state index is 15.0. The molecule has 0 spiro atoms. The Morgan fingerprint density at radius 2 is 1.82 bits per heavy atom. The molecule has 1 N–H and O–H groups in total. The van der Waals surface area contributed by atoms with Crippen LogP contribution in [0, 0.1) is 18.6 Å². The summed E-state index contributed by atoms with van der Waals surface area (Å²) in [5, 5.41) is 7.78. The van der Waals surface area contributed by atoms with Gasteiger partial charge in [0, 0.05) is 25.5 Å². The van der Waals surface area contributed by atoms with Crippen LogP contribution in [0.25, 0.3) is 16.8 Å². The monoisotopic (exact) mass is 451 g/mol. The zero-order valence-electron chi connectivity index (χ0n) is 19.9. The molecule has 0 saturated carbocycles. The zero-order chi connectivity index (χ0) is 23.7. The van der Waals surface area contributed by atoms with Crippen molar-refractivity contribution in [3.05, 3.63) is 76.5 Å². The number of aryl methyl sites for hydroxylation is 1. The predicted molar refractivity (Wildman–Crippen MR) is 127 cm³/mol. The summed E-state index contributed by atoms with van der Waals surface area (Å²) in [6.07, 6.45) is 5.70. The summed E-state index contributed by atoms with van der Waals surface area (Å²) in [5.41, 5.74) is 7.21. The molecule has 0 saturated heterocycles. The fourth-order valence-corrected chi connectivity index (χ4v) is 4.50. The van der Waals surface area contributed by atoms with Crippen LogP contribution in [0.4, 0.5) is 8.78 Å². The number of pyridine rings is 1. The summed E-state index contributed by atoms with van der Waals surface area (Å²) in [5.74, 6) is -1.26. The van der Waals surface area contributed by atoms with Crippen molar-refractivity contribution in [3.8, 4) is 11.1 Å². The number of nitrogens with one attached hydrogen (secondary N) is 1. The molecule has 0 unspecified atom stereocenters. The molecule has 4 aromatic rings. The highest BCUT2D eigenvalue weighted by Crippen LogP contribution is 2.30. The molecule has 0 aliphatic heterocycles. The summed E-state index contributed by atoms with van der Waals surface area (Å²) >= 11 is 0. The molecule has 0 atom stereocenters. The Morgan fingerprint density at radius 1 is 1.06 bits per heavy atom. The van der Waals surface area contributed by atoms with Gasteiger partial charge in [0.1, 0.15) is 5.65 Å². The van der Waals surface area contributed by atoms with E-state index in [1.165, 1.54) is 11.6 Å². The van der Waals surface area contributed by atoms with Gasteiger partial charge >= 0.3 is 0 Å². The van der Waals surface area contributed by atoms with Gasteiger partial charge < -0.3 is 9.72 Å². The van der Waals surface area contributed by atoms with Crippen molar-refractivity contribution in [2.24, 2.45) is 7.05 Å². The van der Waals surface area contributed by atoms with E-state index in [-0.39, 0.29) is 0 Å². The summed E-state index contributed by atoms with van der Waals surface area (Å²) in [4.78, 5) is 4.42. The van der Waals surface area contributed by atoms with E-state index < -0.39 is 11.6 Å². The average Bonchev–Trinajstić information content (AvgIpc) is 3.32. The molecule has 3 aromatic heterocycles. The molecule has 3 heterocycles. The number of fused-ring (bicyclic) bond motifs is 1. The number of nitrogens with zero attached hydrogens (tertiary/aromatic N) is 4. The van der Waals surface area contributed by atoms with E-state index in [4.69, 9.17) is 0 Å². The van der Waals surface area contributed by atoms with Gasteiger partial charge in [-0.25, -0.2) is 13.8 Å². The minimum absolute atomic E-state index is 0.315. The topological polar surface area (TPSA) is 47.2 Å². The van der Waals surface area contributed by atoms with E-state index >= 15 is 0 Å². The van der Waals surface area contributed by atoms with Crippen LogP contribution in [-0.4, -0.2) is 26.2 Å². The summed E-state index contributed by atoms with van der Waals surface area (Å²) in [7, 11) is 3.83. The molecule has 5 nitrogen and oxygen atoms in total. The molecular weight excluding hydrogens is 420 g/mol. The first kappa shape index (κ1) is 23.1.